The van der Waals surface area contributed by atoms with Crippen LogP contribution < -0.4 is 14.4 Å². The lowest BCUT2D eigenvalue weighted by molar-refractivity contribution is 0.0183. The van der Waals surface area contributed by atoms with Crippen LogP contribution in [0, 0.1) is 5.82 Å². The molecule has 2 heterocycles. The number of thiocarbonyl (C=S) groups is 1. The van der Waals surface area contributed by atoms with E-state index in [0.717, 1.165) is 5.56 Å². The van der Waals surface area contributed by atoms with Gasteiger partial charge in [-0.25, -0.2) is 4.39 Å². The lowest BCUT2D eigenvalue weighted by Crippen LogP contribution is -2.67. The van der Waals surface area contributed by atoms with Crippen LogP contribution in [0.2, 0.25) is 0 Å². The third-order valence-corrected chi connectivity index (χ3v) is 7.72. The number of ether oxygens (including phenoxy) is 2. The van der Waals surface area contributed by atoms with Crippen molar-refractivity contribution in [3.05, 3.63) is 89.7 Å². The average molecular weight is 550 g/mol. The van der Waals surface area contributed by atoms with Crippen LogP contribution in [0.4, 0.5) is 10.1 Å². The van der Waals surface area contributed by atoms with Gasteiger partial charge in [-0.05, 0) is 81.2 Å². The largest absolute Gasteiger partial charge is 0.496 e. The number of halogens is 1. The zero-order valence-electron chi connectivity index (χ0n) is 23.2. The van der Waals surface area contributed by atoms with Crippen LogP contribution in [0.3, 0.4) is 0 Å². The molecule has 1 saturated heterocycles. The Balaban J connectivity index is 0.000000448. The average Bonchev–Trinajstić information content (AvgIpc) is 2.95. The first kappa shape index (κ1) is 28.5. The van der Waals surface area contributed by atoms with Gasteiger partial charge < -0.3 is 14.4 Å². The summed E-state index contributed by atoms with van der Waals surface area (Å²) >= 11 is 5.89. The van der Waals surface area contributed by atoms with Crippen LogP contribution in [-0.4, -0.2) is 53.3 Å². The fourth-order valence-electron chi connectivity index (χ4n) is 5.23. The molecule has 2 atom stereocenters. The number of amides is 1. The minimum absolute atomic E-state index is 0.261. The van der Waals surface area contributed by atoms with Crippen LogP contribution in [0.5, 0.6) is 11.5 Å². The molecule has 0 radical (unpaired) electrons. The van der Waals surface area contributed by atoms with Gasteiger partial charge in [-0.2, -0.15) is 0 Å². The normalized spacial score (nSPS) is 19.6. The van der Waals surface area contributed by atoms with E-state index in [9.17, 15) is 9.18 Å². The topological polar surface area (TPSA) is 45.2 Å². The molecule has 2 aliphatic heterocycles. The molecule has 6 nitrogen and oxygen atoms in total. The van der Waals surface area contributed by atoms with E-state index in [4.69, 9.17) is 21.7 Å². The van der Waals surface area contributed by atoms with Crippen molar-refractivity contribution in [2.45, 2.75) is 45.9 Å². The van der Waals surface area contributed by atoms with Crippen LogP contribution in [0.25, 0.3) is 0 Å². The number of carbonyl (C=O) groups excluding carboxylic acids is 1. The Kier molecular flexibility index (Phi) is 8.87. The molecule has 2 unspecified atom stereocenters. The Labute approximate surface area is 235 Å². The highest BCUT2D eigenvalue weighted by Gasteiger charge is 2.53. The summed E-state index contributed by atoms with van der Waals surface area (Å²) in [4.78, 5) is 19.7. The number of methoxy groups -OCH3 is 1. The van der Waals surface area contributed by atoms with E-state index in [2.05, 4.69) is 25.7 Å². The highest BCUT2D eigenvalue weighted by atomic mass is 32.1. The van der Waals surface area contributed by atoms with E-state index in [-0.39, 0.29) is 17.8 Å². The van der Waals surface area contributed by atoms with Crippen LogP contribution in [0.1, 0.15) is 56.1 Å². The van der Waals surface area contributed by atoms with Gasteiger partial charge in [0.25, 0.3) is 5.91 Å². The Hall–Kier alpha value is -3.49. The number of para-hydroxylation sites is 2. The van der Waals surface area contributed by atoms with Gasteiger partial charge in [-0.1, -0.05) is 51.1 Å². The standard InChI is InChI=1S/C25H21FN2O3S.C6H15N/c1-25-15-20(18-7-3-6-10-22(18)31-25)27(23(29)19-8-4-5-9-21(19)30-2)24(32)28(25)17-13-11-16(26)12-14-17;1-4-7(5-2)6-3/h3-14,20H,15H2,1-2H3;4-6H2,1-3H3. The van der Waals surface area contributed by atoms with E-state index in [1.54, 1.807) is 40.1 Å². The molecular formula is C31H36FN3O3S. The fraction of sp³-hybridized carbons (Fsp3) is 0.355. The molecule has 0 aliphatic carbocycles. The van der Waals surface area contributed by atoms with Crippen LogP contribution in [0.15, 0.2) is 72.8 Å². The van der Waals surface area contributed by atoms with Gasteiger partial charge in [0.05, 0.1) is 18.7 Å². The third-order valence-electron chi connectivity index (χ3n) is 7.34. The molecule has 0 N–H and O–H groups in total. The second-order valence-corrected chi connectivity index (χ2v) is 9.99. The van der Waals surface area contributed by atoms with Gasteiger partial charge in [0, 0.05) is 17.7 Å². The molecule has 2 bridgehead atoms. The molecule has 5 rings (SSSR count). The number of anilines is 1. The van der Waals surface area contributed by atoms with Crippen molar-refractivity contribution < 1.29 is 18.7 Å². The van der Waals surface area contributed by atoms with Gasteiger partial charge in [0.2, 0.25) is 0 Å². The van der Waals surface area contributed by atoms with Crippen molar-refractivity contribution in [1.29, 1.82) is 0 Å². The van der Waals surface area contributed by atoms with Gasteiger partial charge in [-0.3, -0.25) is 14.6 Å². The number of fused-ring (bicyclic) bond motifs is 4. The van der Waals surface area contributed by atoms with Crippen molar-refractivity contribution in [2.24, 2.45) is 0 Å². The second-order valence-electron chi connectivity index (χ2n) is 9.62. The molecule has 0 saturated carbocycles. The Morgan fingerprint density at radius 3 is 2.26 bits per heavy atom. The number of hydrogen-bond acceptors (Lipinski definition) is 5. The first-order chi connectivity index (χ1) is 18.8. The third kappa shape index (κ3) is 5.63. The summed E-state index contributed by atoms with van der Waals surface area (Å²) in [6.07, 6.45) is 0.489. The molecule has 39 heavy (non-hydrogen) atoms. The Bertz CT molecular complexity index is 1310. The summed E-state index contributed by atoms with van der Waals surface area (Å²) in [6, 6.07) is 20.5. The van der Waals surface area contributed by atoms with E-state index in [0.29, 0.717) is 34.3 Å². The summed E-state index contributed by atoms with van der Waals surface area (Å²) in [5.74, 6) is 0.556. The van der Waals surface area contributed by atoms with Crippen molar-refractivity contribution >= 4 is 28.9 Å². The first-order valence-corrected chi connectivity index (χ1v) is 13.7. The van der Waals surface area contributed by atoms with E-state index in [1.807, 2.05) is 37.3 Å². The monoisotopic (exact) mass is 549 g/mol. The fourth-order valence-corrected chi connectivity index (χ4v) is 5.74. The summed E-state index contributed by atoms with van der Waals surface area (Å²) in [7, 11) is 1.53. The van der Waals surface area contributed by atoms with Crippen molar-refractivity contribution in [3.63, 3.8) is 0 Å². The number of carbonyl (C=O) groups is 1. The first-order valence-electron chi connectivity index (χ1n) is 13.3. The highest BCUT2D eigenvalue weighted by molar-refractivity contribution is 7.80. The van der Waals surface area contributed by atoms with Gasteiger partial charge >= 0.3 is 0 Å². The molecule has 2 aliphatic rings. The van der Waals surface area contributed by atoms with Gasteiger partial charge in [-0.15, -0.1) is 0 Å². The molecule has 206 valence electrons. The SMILES string of the molecule is CCN(CC)CC.COc1ccccc1C(=O)N1C(=S)N(c2ccc(F)cc2)C2(C)CC1c1ccccc1O2. The molecular weight excluding hydrogens is 513 g/mol. The van der Waals surface area contributed by atoms with Crippen LogP contribution in [-0.2, 0) is 0 Å². The van der Waals surface area contributed by atoms with Gasteiger partial charge in [0.15, 0.2) is 10.8 Å². The molecule has 1 amide bonds. The number of benzene rings is 3. The van der Waals surface area contributed by atoms with Crippen LogP contribution >= 0.6 is 12.2 Å². The molecule has 0 spiro atoms. The highest BCUT2D eigenvalue weighted by Crippen LogP contribution is 2.50. The summed E-state index contributed by atoms with van der Waals surface area (Å²) < 4.78 is 25.5. The lowest BCUT2D eigenvalue weighted by Gasteiger charge is -2.55. The minimum Gasteiger partial charge on any atom is -0.496 e. The summed E-state index contributed by atoms with van der Waals surface area (Å²) in [6.45, 7) is 12.1. The smallest absolute Gasteiger partial charge is 0.264 e. The predicted molar refractivity (Wildman–Crippen MR) is 157 cm³/mol. The molecule has 0 aromatic heterocycles. The second kappa shape index (κ2) is 12.1. The van der Waals surface area contributed by atoms with E-state index < -0.39 is 5.72 Å². The van der Waals surface area contributed by atoms with Gasteiger partial charge in [0.1, 0.15) is 17.3 Å². The zero-order chi connectivity index (χ0) is 28.2. The molecule has 1 fully saturated rings. The number of rotatable bonds is 6. The lowest BCUT2D eigenvalue weighted by atomic mass is 9.88. The van der Waals surface area contributed by atoms with Crippen molar-refractivity contribution in [3.8, 4) is 11.5 Å². The zero-order valence-corrected chi connectivity index (χ0v) is 24.0. The minimum atomic E-state index is -0.842. The van der Waals surface area contributed by atoms with E-state index in [1.165, 1.54) is 38.9 Å². The number of hydrogen-bond donors (Lipinski definition) is 0. The van der Waals surface area contributed by atoms with Crippen molar-refractivity contribution in [2.75, 3.05) is 31.6 Å². The maximum atomic E-state index is 13.9. The predicted octanol–water partition coefficient (Wildman–Crippen LogP) is 6.67. The maximum Gasteiger partial charge on any atom is 0.264 e. The Morgan fingerprint density at radius 2 is 1.64 bits per heavy atom. The van der Waals surface area contributed by atoms with Crippen molar-refractivity contribution in [1.82, 2.24) is 9.80 Å². The molecule has 3 aromatic rings. The maximum absolute atomic E-state index is 13.9. The van der Waals surface area contributed by atoms with E-state index >= 15 is 0 Å². The number of nitrogens with zero attached hydrogens (tertiary/aromatic N) is 3. The molecule has 8 heteroatoms. The summed E-state index contributed by atoms with van der Waals surface area (Å²) in [5, 5.41) is 0.292. The Morgan fingerprint density at radius 1 is 1.03 bits per heavy atom. The quantitative estimate of drug-likeness (QED) is 0.320. The molecule has 3 aromatic carbocycles. The summed E-state index contributed by atoms with van der Waals surface area (Å²) in [5.41, 5.74) is 1.12.